The molecule has 160 valence electrons. The third-order valence-corrected chi connectivity index (χ3v) is 6.58. The molecule has 9 heteroatoms. The number of carbonyl (C=O) groups is 1. The number of carbonyl (C=O) groups excluding carboxylic acids is 1. The molecular formula is C22H20F2N4O2S. The maximum Gasteiger partial charge on any atom is 0.275 e. The number of rotatable bonds is 5. The molecule has 1 aromatic heterocycles. The fourth-order valence-electron chi connectivity index (χ4n) is 4.28. The largest absolute Gasteiger partial charge is 0.496 e. The Morgan fingerprint density at radius 3 is 2.94 bits per heavy atom. The van der Waals surface area contributed by atoms with Crippen molar-refractivity contribution in [3.63, 3.8) is 0 Å². The molecule has 5 rings (SSSR count). The molecule has 3 heterocycles. The maximum absolute atomic E-state index is 14.4. The van der Waals surface area contributed by atoms with Gasteiger partial charge in [0, 0.05) is 30.6 Å². The van der Waals surface area contributed by atoms with Gasteiger partial charge in [-0.05, 0) is 36.8 Å². The number of halogens is 2. The third kappa shape index (κ3) is 3.64. The number of fused-ring (bicyclic) bond motifs is 2. The molecule has 2 bridgehead atoms. The van der Waals surface area contributed by atoms with E-state index in [1.165, 1.54) is 25.3 Å². The van der Waals surface area contributed by atoms with Crippen molar-refractivity contribution in [3.05, 3.63) is 59.1 Å². The molecule has 2 aromatic carbocycles. The van der Waals surface area contributed by atoms with E-state index in [0.29, 0.717) is 28.5 Å². The first-order chi connectivity index (χ1) is 15.0. The Bertz CT molecular complexity index is 1150. The second kappa shape index (κ2) is 7.90. The van der Waals surface area contributed by atoms with Crippen molar-refractivity contribution in [1.29, 1.82) is 0 Å². The van der Waals surface area contributed by atoms with Crippen LogP contribution in [0.15, 0.2) is 41.8 Å². The fraction of sp³-hybridized carbons (Fsp3) is 0.273. The van der Waals surface area contributed by atoms with Crippen LogP contribution in [0.4, 0.5) is 20.2 Å². The number of piperazine rings is 1. The summed E-state index contributed by atoms with van der Waals surface area (Å²) in [4.78, 5) is 19.4. The molecular weight excluding hydrogens is 422 g/mol. The van der Waals surface area contributed by atoms with Gasteiger partial charge in [0.2, 0.25) is 0 Å². The van der Waals surface area contributed by atoms with E-state index in [0.717, 1.165) is 36.5 Å². The Balaban J connectivity index is 1.42. The molecule has 2 aliphatic heterocycles. The Hall–Kier alpha value is -3.04. The van der Waals surface area contributed by atoms with Crippen LogP contribution in [0.25, 0.3) is 10.6 Å². The first kappa shape index (κ1) is 19.9. The average molecular weight is 442 g/mol. The van der Waals surface area contributed by atoms with Crippen molar-refractivity contribution in [2.24, 2.45) is 0 Å². The van der Waals surface area contributed by atoms with Crippen molar-refractivity contribution in [2.45, 2.75) is 18.5 Å². The number of hydrogen-bond acceptors (Lipinski definition) is 6. The standard InChI is InChI=1S/C22H20F2N4O2S/c1-30-19-4-2-3-15(24)20(19)22-27-17(11-31-22)21(29)26-16-7-12(23)5-6-18(16)28-10-13-8-14(28)9-25-13/h2-7,11,13-14,25H,8-10H2,1H3,(H,26,29)/t13-,14-/m0/s1. The van der Waals surface area contributed by atoms with E-state index in [1.807, 2.05) is 0 Å². The minimum Gasteiger partial charge on any atom is -0.496 e. The van der Waals surface area contributed by atoms with Crippen molar-refractivity contribution in [3.8, 4) is 16.3 Å². The first-order valence-electron chi connectivity index (χ1n) is 9.93. The summed E-state index contributed by atoms with van der Waals surface area (Å²) < 4.78 is 33.6. The van der Waals surface area contributed by atoms with Crippen LogP contribution in [0.5, 0.6) is 5.75 Å². The lowest BCUT2D eigenvalue weighted by molar-refractivity contribution is 0.102. The molecule has 0 radical (unpaired) electrons. The summed E-state index contributed by atoms with van der Waals surface area (Å²) in [5.74, 6) is -1.05. The molecule has 6 nitrogen and oxygen atoms in total. The van der Waals surface area contributed by atoms with E-state index in [4.69, 9.17) is 4.74 Å². The van der Waals surface area contributed by atoms with Crippen LogP contribution >= 0.6 is 11.3 Å². The molecule has 0 aliphatic carbocycles. The summed E-state index contributed by atoms with van der Waals surface area (Å²) >= 11 is 1.14. The minimum atomic E-state index is -0.481. The highest BCUT2D eigenvalue weighted by Gasteiger charge is 2.38. The van der Waals surface area contributed by atoms with Gasteiger partial charge in [0.25, 0.3) is 5.91 Å². The second-order valence-corrected chi connectivity index (χ2v) is 8.48. The van der Waals surface area contributed by atoms with Gasteiger partial charge in [-0.15, -0.1) is 11.3 Å². The van der Waals surface area contributed by atoms with Crippen molar-refractivity contribution >= 4 is 28.6 Å². The topological polar surface area (TPSA) is 66.5 Å². The molecule has 2 N–H and O–H groups in total. The summed E-state index contributed by atoms with van der Waals surface area (Å²) in [5.41, 5.74) is 1.52. The summed E-state index contributed by atoms with van der Waals surface area (Å²) in [6.45, 7) is 1.68. The minimum absolute atomic E-state index is 0.130. The number of hydrogen-bond donors (Lipinski definition) is 2. The Labute approximate surface area is 181 Å². The number of nitrogens with one attached hydrogen (secondary N) is 2. The van der Waals surface area contributed by atoms with E-state index in [-0.39, 0.29) is 11.3 Å². The predicted octanol–water partition coefficient (Wildman–Crippen LogP) is 3.90. The van der Waals surface area contributed by atoms with Crippen LogP contribution < -0.4 is 20.3 Å². The zero-order chi connectivity index (χ0) is 21.5. The number of methoxy groups -OCH3 is 1. The molecule has 2 atom stereocenters. The van der Waals surface area contributed by atoms with Crippen molar-refractivity contribution in [2.75, 3.05) is 30.4 Å². The maximum atomic E-state index is 14.4. The Morgan fingerprint density at radius 1 is 1.32 bits per heavy atom. The summed E-state index contributed by atoms with van der Waals surface area (Å²) in [5, 5.41) is 8.11. The van der Waals surface area contributed by atoms with Gasteiger partial charge < -0.3 is 20.3 Å². The number of ether oxygens (including phenoxy) is 1. The lowest BCUT2D eigenvalue weighted by Gasteiger charge is -2.31. The van der Waals surface area contributed by atoms with E-state index < -0.39 is 17.5 Å². The van der Waals surface area contributed by atoms with Gasteiger partial charge >= 0.3 is 0 Å². The Morgan fingerprint density at radius 2 is 2.19 bits per heavy atom. The molecule has 1 amide bonds. The second-order valence-electron chi connectivity index (χ2n) is 7.62. The quantitative estimate of drug-likeness (QED) is 0.628. The van der Waals surface area contributed by atoms with E-state index >= 15 is 0 Å². The van der Waals surface area contributed by atoms with E-state index in [1.54, 1.807) is 23.6 Å². The molecule has 2 aliphatic rings. The highest BCUT2D eigenvalue weighted by molar-refractivity contribution is 7.13. The number of aromatic nitrogens is 1. The van der Waals surface area contributed by atoms with Gasteiger partial charge in [0.1, 0.15) is 28.1 Å². The van der Waals surface area contributed by atoms with Crippen molar-refractivity contribution in [1.82, 2.24) is 10.3 Å². The van der Waals surface area contributed by atoms with Crippen LogP contribution in [0.3, 0.4) is 0 Å². The first-order valence-corrected chi connectivity index (χ1v) is 10.8. The number of amides is 1. The fourth-order valence-corrected chi connectivity index (χ4v) is 5.13. The summed E-state index contributed by atoms with van der Waals surface area (Å²) in [6, 6.07) is 9.65. The molecule has 2 saturated heterocycles. The molecule has 2 fully saturated rings. The smallest absolute Gasteiger partial charge is 0.275 e. The van der Waals surface area contributed by atoms with Gasteiger partial charge in [-0.25, -0.2) is 13.8 Å². The van der Waals surface area contributed by atoms with Crippen LogP contribution in [-0.2, 0) is 0 Å². The molecule has 0 unspecified atom stereocenters. The number of nitrogens with zero attached hydrogens (tertiary/aromatic N) is 2. The zero-order valence-corrected chi connectivity index (χ0v) is 17.5. The zero-order valence-electron chi connectivity index (χ0n) is 16.7. The lowest BCUT2D eigenvalue weighted by Crippen LogP contribution is -2.44. The number of benzene rings is 2. The van der Waals surface area contributed by atoms with Gasteiger partial charge in [0.05, 0.1) is 24.0 Å². The van der Waals surface area contributed by atoms with Gasteiger partial charge in [-0.1, -0.05) is 6.07 Å². The highest BCUT2D eigenvalue weighted by Crippen LogP contribution is 2.37. The highest BCUT2D eigenvalue weighted by atomic mass is 32.1. The average Bonchev–Trinajstić information content (AvgIpc) is 3.51. The van der Waals surface area contributed by atoms with Gasteiger partial charge in [-0.2, -0.15) is 0 Å². The monoisotopic (exact) mass is 442 g/mol. The molecule has 3 aromatic rings. The van der Waals surface area contributed by atoms with Crippen LogP contribution in [0.2, 0.25) is 0 Å². The van der Waals surface area contributed by atoms with Gasteiger partial charge in [-0.3, -0.25) is 4.79 Å². The molecule has 0 saturated carbocycles. The van der Waals surface area contributed by atoms with E-state index in [9.17, 15) is 13.6 Å². The lowest BCUT2D eigenvalue weighted by atomic mass is 10.2. The third-order valence-electron chi connectivity index (χ3n) is 5.72. The van der Waals surface area contributed by atoms with Crippen LogP contribution in [0, 0.1) is 11.6 Å². The van der Waals surface area contributed by atoms with Gasteiger partial charge in [0.15, 0.2) is 0 Å². The molecule has 0 spiro atoms. The predicted molar refractivity (Wildman–Crippen MR) is 116 cm³/mol. The van der Waals surface area contributed by atoms with Crippen molar-refractivity contribution < 1.29 is 18.3 Å². The van der Waals surface area contributed by atoms with Crippen LogP contribution in [0.1, 0.15) is 16.9 Å². The Kier molecular flexibility index (Phi) is 5.07. The van der Waals surface area contributed by atoms with E-state index in [2.05, 4.69) is 20.5 Å². The number of anilines is 2. The summed E-state index contributed by atoms with van der Waals surface area (Å²) in [7, 11) is 1.45. The normalized spacial score (nSPS) is 19.6. The van der Waals surface area contributed by atoms with Crippen LogP contribution in [-0.4, -0.2) is 43.2 Å². The number of thiazole rings is 1. The SMILES string of the molecule is COc1cccc(F)c1-c1nc(C(=O)Nc2cc(F)ccc2N2C[C@@H]3C[C@H]2CN3)cs1. The summed E-state index contributed by atoms with van der Waals surface area (Å²) in [6.07, 6.45) is 1.03. The molecule has 31 heavy (non-hydrogen) atoms.